The molecule has 0 aliphatic carbocycles. The Morgan fingerprint density at radius 2 is 1.81 bits per heavy atom. The van der Waals surface area contributed by atoms with Gasteiger partial charge in [0.05, 0.1) is 19.8 Å². The molecule has 1 fully saturated rings. The molecule has 1 aromatic carbocycles. The summed E-state index contributed by atoms with van der Waals surface area (Å²) in [5.41, 5.74) is 1.17. The van der Waals surface area contributed by atoms with Gasteiger partial charge >= 0.3 is 0 Å². The molecule has 7 nitrogen and oxygen atoms in total. The molecule has 0 spiro atoms. The molecule has 178 valence electrons. The van der Waals surface area contributed by atoms with E-state index in [4.69, 9.17) is 14.5 Å². The second-order valence-electron chi connectivity index (χ2n) is 7.59. The minimum Gasteiger partial charge on any atom is -0.492 e. The minimum atomic E-state index is 0. The summed E-state index contributed by atoms with van der Waals surface area (Å²) in [7, 11) is 0. The highest BCUT2D eigenvalue weighted by molar-refractivity contribution is 14.0. The number of aliphatic imine (C=N–C) groups is 1. The maximum absolute atomic E-state index is 5.87. The van der Waals surface area contributed by atoms with E-state index in [0.29, 0.717) is 12.6 Å². The Morgan fingerprint density at radius 1 is 1.13 bits per heavy atom. The van der Waals surface area contributed by atoms with E-state index >= 15 is 0 Å². The zero-order valence-corrected chi connectivity index (χ0v) is 22.1. The first kappa shape index (κ1) is 27.9. The van der Waals surface area contributed by atoms with Crippen molar-refractivity contribution in [1.82, 2.24) is 20.4 Å². The number of rotatable bonds is 12. The summed E-state index contributed by atoms with van der Waals surface area (Å²) in [6.45, 7) is 18.5. The average molecular weight is 548 g/mol. The van der Waals surface area contributed by atoms with Crippen molar-refractivity contribution >= 4 is 29.9 Å². The standard InChI is InChI=1S/C23H41N5O2.HI/c1-5-24-23(25-18-20(4)28-13-15-29-16-14-28)26-19-21-8-10-22(11-9-21)30-17-12-27(6-2)7-3;/h8-11,20H,5-7,12-19H2,1-4H3,(H2,24,25,26);1H. The van der Waals surface area contributed by atoms with Crippen molar-refractivity contribution in [1.29, 1.82) is 0 Å². The van der Waals surface area contributed by atoms with E-state index < -0.39 is 0 Å². The first-order valence-corrected chi connectivity index (χ1v) is 11.4. The number of hydrogen-bond acceptors (Lipinski definition) is 5. The van der Waals surface area contributed by atoms with Gasteiger partial charge in [0.15, 0.2) is 5.96 Å². The van der Waals surface area contributed by atoms with Crippen LogP contribution in [0.3, 0.4) is 0 Å². The first-order valence-electron chi connectivity index (χ1n) is 11.4. The molecule has 0 aromatic heterocycles. The van der Waals surface area contributed by atoms with E-state index in [9.17, 15) is 0 Å². The largest absolute Gasteiger partial charge is 0.492 e. The highest BCUT2D eigenvalue weighted by atomic mass is 127. The van der Waals surface area contributed by atoms with Crippen LogP contribution in [0.25, 0.3) is 0 Å². The van der Waals surface area contributed by atoms with Crippen molar-refractivity contribution in [3.05, 3.63) is 29.8 Å². The van der Waals surface area contributed by atoms with Gasteiger partial charge in [0.2, 0.25) is 0 Å². The average Bonchev–Trinajstić information content (AvgIpc) is 2.79. The highest BCUT2D eigenvalue weighted by Gasteiger charge is 2.16. The van der Waals surface area contributed by atoms with Gasteiger partial charge in [-0.3, -0.25) is 4.90 Å². The number of likely N-dealkylation sites (N-methyl/N-ethyl adjacent to an activating group) is 1. The van der Waals surface area contributed by atoms with Crippen LogP contribution in [0.1, 0.15) is 33.3 Å². The molecule has 1 aromatic rings. The van der Waals surface area contributed by atoms with E-state index in [-0.39, 0.29) is 24.0 Å². The summed E-state index contributed by atoms with van der Waals surface area (Å²) in [4.78, 5) is 9.56. The number of benzene rings is 1. The summed E-state index contributed by atoms with van der Waals surface area (Å²) in [5.74, 6) is 1.77. The van der Waals surface area contributed by atoms with E-state index in [1.165, 1.54) is 5.56 Å². The number of guanidine groups is 1. The number of hydrogen-bond donors (Lipinski definition) is 2. The Hall–Kier alpha value is -1.10. The fourth-order valence-corrected chi connectivity index (χ4v) is 3.43. The predicted octanol–water partition coefficient (Wildman–Crippen LogP) is 2.80. The molecular weight excluding hydrogens is 505 g/mol. The van der Waals surface area contributed by atoms with Crippen LogP contribution in [0, 0.1) is 0 Å². The lowest BCUT2D eigenvalue weighted by molar-refractivity contribution is 0.0211. The van der Waals surface area contributed by atoms with Crippen molar-refractivity contribution < 1.29 is 9.47 Å². The molecule has 0 bridgehead atoms. The molecule has 2 N–H and O–H groups in total. The quantitative estimate of drug-likeness (QED) is 0.239. The van der Waals surface area contributed by atoms with E-state index in [1.54, 1.807) is 0 Å². The number of halogens is 1. The number of nitrogens with one attached hydrogen (secondary N) is 2. The van der Waals surface area contributed by atoms with Gasteiger partial charge in [-0.2, -0.15) is 0 Å². The Morgan fingerprint density at radius 3 is 2.42 bits per heavy atom. The molecule has 8 heteroatoms. The van der Waals surface area contributed by atoms with Crippen molar-refractivity contribution in [2.24, 2.45) is 4.99 Å². The van der Waals surface area contributed by atoms with Crippen LogP contribution in [-0.4, -0.2) is 87.4 Å². The Bertz CT molecular complexity index is 604. The molecule has 2 rings (SSSR count). The zero-order chi connectivity index (χ0) is 21.6. The lowest BCUT2D eigenvalue weighted by Crippen LogP contribution is -2.49. The fourth-order valence-electron chi connectivity index (χ4n) is 3.43. The second-order valence-corrected chi connectivity index (χ2v) is 7.59. The summed E-state index contributed by atoms with van der Waals surface area (Å²) in [6.07, 6.45) is 0. The summed E-state index contributed by atoms with van der Waals surface area (Å²) >= 11 is 0. The minimum absolute atomic E-state index is 0. The van der Waals surface area contributed by atoms with Crippen molar-refractivity contribution in [2.75, 3.05) is 65.6 Å². The number of morpholine rings is 1. The normalized spacial score (nSPS) is 16.0. The summed E-state index contributed by atoms with van der Waals surface area (Å²) in [5, 5.41) is 6.81. The Balaban J connectivity index is 0.00000480. The van der Waals surface area contributed by atoms with Crippen LogP contribution in [0.4, 0.5) is 0 Å². The first-order chi connectivity index (χ1) is 14.7. The van der Waals surface area contributed by atoms with Gasteiger partial charge in [-0.05, 0) is 44.6 Å². The smallest absolute Gasteiger partial charge is 0.191 e. The molecule has 1 heterocycles. The molecule has 0 saturated carbocycles. The van der Waals surface area contributed by atoms with Crippen LogP contribution in [0.15, 0.2) is 29.3 Å². The van der Waals surface area contributed by atoms with E-state index in [1.807, 2.05) is 12.1 Å². The maximum Gasteiger partial charge on any atom is 0.191 e. The van der Waals surface area contributed by atoms with Gasteiger partial charge in [-0.1, -0.05) is 26.0 Å². The van der Waals surface area contributed by atoms with Crippen molar-refractivity contribution in [3.8, 4) is 5.75 Å². The third-order valence-corrected chi connectivity index (χ3v) is 5.49. The lowest BCUT2D eigenvalue weighted by Gasteiger charge is -2.32. The van der Waals surface area contributed by atoms with Gasteiger partial charge < -0.3 is 25.0 Å². The molecular formula is C23H42IN5O2. The fraction of sp³-hybridized carbons (Fsp3) is 0.696. The highest BCUT2D eigenvalue weighted by Crippen LogP contribution is 2.13. The molecule has 1 aliphatic rings. The second kappa shape index (κ2) is 16.5. The van der Waals surface area contributed by atoms with Crippen LogP contribution in [-0.2, 0) is 11.3 Å². The summed E-state index contributed by atoms with van der Waals surface area (Å²) < 4.78 is 11.3. The summed E-state index contributed by atoms with van der Waals surface area (Å²) in [6, 6.07) is 8.71. The Labute approximate surface area is 206 Å². The molecule has 0 amide bonds. The number of nitrogens with zero attached hydrogens (tertiary/aromatic N) is 3. The van der Waals surface area contributed by atoms with Crippen LogP contribution >= 0.6 is 24.0 Å². The maximum atomic E-state index is 5.87. The zero-order valence-electron chi connectivity index (χ0n) is 19.7. The van der Waals surface area contributed by atoms with Crippen molar-refractivity contribution in [2.45, 2.75) is 40.3 Å². The van der Waals surface area contributed by atoms with Crippen LogP contribution in [0.2, 0.25) is 0 Å². The molecule has 1 saturated heterocycles. The van der Waals surface area contributed by atoms with Crippen molar-refractivity contribution in [3.63, 3.8) is 0 Å². The van der Waals surface area contributed by atoms with Gasteiger partial charge in [0.1, 0.15) is 12.4 Å². The Kier molecular flexibility index (Phi) is 14.9. The molecule has 1 aliphatic heterocycles. The topological polar surface area (TPSA) is 61.4 Å². The van der Waals surface area contributed by atoms with Gasteiger partial charge in [-0.15, -0.1) is 24.0 Å². The molecule has 1 unspecified atom stereocenters. The van der Waals surface area contributed by atoms with Crippen LogP contribution in [0.5, 0.6) is 5.75 Å². The number of ether oxygens (including phenoxy) is 2. The third-order valence-electron chi connectivity index (χ3n) is 5.49. The van der Waals surface area contributed by atoms with Crippen LogP contribution < -0.4 is 15.4 Å². The van der Waals surface area contributed by atoms with Gasteiger partial charge in [0, 0.05) is 38.8 Å². The lowest BCUT2D eigenvalue weighted by atomic mass is 10.2. The van der Waals surface area contributed by atoms with E-state index in [2.05, 4.69) is 60.3 Å². The SMILES string of the molecule is CCNC(=NCc1ccc(OCCN(CC)CC)cc1)NCC(C)N1CCOCC1.I. The predicted molar refractivity (Wildman–Crippen MR) is 140 cm³/mol. The molecule has 1 atom stereocenters. The van der Waals surface area contributed by atoms with Gasteiger partial charge in [0.25, 0.3) is 0 Å². The monoisotopic (exact) mass is 547 g/mol. The van der Waals surface area contributed by atoms with E-state index in [0.717, 1.165) is 77.3 Å². The molecule has 0 radical (unpaired) electrons. The van der Waals surface area contributed by atoms with Gasteiger partial charge in [-0.25, -0.2) is 4.99 Å². The molecule has 31 heavy (non-hydrogen) atoms. The third kappa shape index (κ3) is 10.9.